The van der Waals surface area contributed by atoms with Crippen LogP contribution >= 0.6 is 11.9 Å². The fourth-order valence-corrected chi connectivity index (χ4v) is 2.42. The first-order valence-electron chi connectivity index (χ1n) is 5.74. The first kappa shape index (κ1) is 12.2. The third-order valence-corrected chi connectivity index (χ3v) is 3.37. The molecule has 0 fully saturated rings. The maximum atomic E-state index is 5.79. The van der Waals surface area contributed by atoms with Gasteiger partial charge >= 0.3 is 0 Å². The van der Waals surface area contributed by atoms with Gasteiger partial charge in [0, 0.05) is 0 Å². The van der Waals surface area contributed by atoms with Crippen molar-refractivity contribution in [1.29, 1.82) is 0 Å². The Morgan fingerprint density at radius 3 is 1.59 bits per heavy atom. The van der Waals surface area contributed by atoms with Gasteiger partial charge < -0.3 is 0 Å². The summed E-state index contributed by atoms with van der Waals surface area (Å²) in [6, 6.07) is 20.1. The van der Waals surface area contributed by atoms with Gasteiger partial charge in [-0.05, 0) is 17.5 Å². The van der Waals surface area contributed by atoms with Crippen molar-refractivity contribution in [3.05, 3.63) is 71.8 Å². The predicted molar refractivity (Wildman–Crippen MR) is 70.9 cm³/mol. The molecule has 0 unspecified atom stereocenters. The molecule has 0 amide bonds. The van der Waals surface area contributed by atoms with Crippen molar-refractivity contribution in [3.63, 3.8) is 0 Å². The number of halogens is 1. The van der Waals surface area contributed by atoms with Crippen LogP contribution in [0.5, 0.6) is 0 Å². The van der Waals surface area contributed by atoms with Crippen LogP contribution in [0, 0.1) is 0 Å². The van der Waals surface area contributed by atoms with Crippen LogP contribution in [0.15, 0.2) is 60.7 Å². The molecule has 0 saturated heterocycles. The molecule has 0 aromatic heterocycles. The average molecular weight is 247 g/mol. The largest absolute Gasteiger partial charge is 0.263 e. The van der Waals surface area contributed by atoms with Crippen LogP contribution in [-0.2, 0) is 9.89 Å². The zero-order valence-corrected chi connectivity index (χ0v) is 10.5. The Balaban J connectivity index is 2.54. The topological polar surface area (TPSA) is 9.23 Å². The van der Waals surface area contributed by atoms with Gasteiger partial charge in [0.05, 0.1) is 11.9 Å². The molecule has 0 saturated carbocycles. The van der Waals surface area contributed by atoms with Gasteiger partial charge in [0.1, 0.15) is 5.60 Å². The average Bonchev–Trinajstić information content (AvgIpc) is 2.43. The molecule has 0 spiro atoms. The normalized spacial score (nSPS) is 11.4. The molecule has 2 aromatic rings. The summed E-state index contributed by atoms with van der Waals surface area (Å²) >= 11 is 5.79. The zero-order chi connectivity index (χ0) is 12.1. The van der Waals surface area contributed by atoms with Crippen molar-refractivity contribution in [2.24, 2.45) is 0 Å². The minimum atomic E-state index is -0.565. The summed E-state index contributed by atoms with van der Waals surface area (Å²) in [6.07, 6.45) is 0.782. The first-order valence-corrected chi connectivity index (χ1v) is 6.05. The van der Waals surface area contributed by atoms with E-state index in [1.54, 1.807) is 0 Å². The fraction of sp³-hybridized carbons (Fsp3) is 0.200. The van der Waals surface area contributed by atoms with Crippen molar-refractivity contribution in [2.45, 2.75) is 18.9 Å². The van der Waals surface area contributed by atoms with Crippen LogP contribution in [0.3, 0.4) is 0 Å². The van der Waals surface area contributed by atoms with Gasteiger partial charge in [-0.2, -0.15) is 0 Å². The Morgan fingerprint density at radius 2 is 1.29 bits per heavy atom. The van der Waals surface area contributed by atoms with Crippen LogP contribution in [0.2, 0.25) is 0 Å². The van der Waals surface area contributed by atoms with E-state index in [2.05, 4.69) is 6.92 Å². The highest BCUT2D eigenvalue weighted by atomic mass is 35.5. The number of benzene rings is 2. The molecule has 1 nitrogen and oxygen atoms in total. The summed E-state index contributed by atoms with van der Waals surface area (Å²) in [5, 5.41) is 0. The Labute approximate surface area is 107 Å². The summed E-state index contributed by atoms with van der Waals surface area (Å²) in [6.45, 7) is 2.07. The lowest BCUT2D eigenvalue weighted by atomic mass is 9.84. The standard InChI is InChI=1S/C15H15ClO/c1-2-15(17-16,13-9-5-3-6-10-13)14-11-7-4-8-12-14/h3-12H,2H2,1H3. The lowest BCUT2D eigenvalue weighted by Gasteiger charge is -2.30. The molecule has 0 atom stereocenters. The van der Waals surface area contributed by atoms with E-state index in [4.69, 9.17) is 16.2 Å². The molecular weight excluding hydrogens is 232 g/mol. The van der Waals surface area contributed by atoms with Gasteiger partial charge in [0.2, 0.25) is 0 Å². The SMILES string of the molecule is CCC(OCl)(c1ccccc1)c1ccccc1. The Bertz CT molecular complexity index is 407. The van der Waals surface area contributed by atoms with E-state index in [9.17, 15) is 0 Å². The second-order valence-corrected chi connectivity index (χ2v) is 4.14. The molecule has 17 heavy (non-hydrogen) atoms. The van der Waals surface area contributed by atoms with E-state index < -0.39 is 5.60 Å². The van der Waals surface area contributed by atoms with Crippen molar-refractivity contribution >= 4 is 11.9 Å². The molecule has 0 aliphatic heterocycles. The third-order valence-electron chi connectivity index (χ3n) is 3.11. The van der Waals surface area contributed by atoms with E-state index >= 15 is 0 Å². The summed E-state index contributed by atoms with van der Waals surface area (Å²) in [7, 11) is 0. The molecule has 0 N–H and O–H groups in total. The van der Waals surface area contributed by atoms with Gasteiger partial charge in [-0.15, -0.1) is 0 Å². The first-order chi connectivity index (χ1) is 8.33. The highest BCUT2D eigenvalue weighted by molar-refractivity contribution is 6.07. The number of hydrogen-bond donors (Lipinski definition) is 0. The maximum Gasteiger partial charge on any atom is 0.139 e. The van der Waals surface area contributed by atoms with Gasteiger partial charge in [-0.3, -0.25) is 4.29 Å². The van der Waals surface area contributed by atoms with Gasteiger partial charge in [0.15, 0.2) is 0 Å². The predicted octanol–water partition coefficient (Wildman–Crippen LogP) is 4.51. The lowest BCUT2D eigenvalue weighted by molar-refractivity contribution is 0.122. The zero-order valence-electron chi connectivity index (χ0n) is 9.77. The second-order valence-electron chi connectivity index (χ2n) is 3.99. The van der Waals surface area contributed by atoms with Crippen LogP contribution in [0.1, 0.15) is 24.5 Å². The molecule has 0 heterocycles. The molecular formula is C15H15ClO. The number of hydrogen-bond acceptors (Lipinski definition) is 1. The molecule has 0 radical (unpaired) electrons. The van der Waals surface area contributed by atoms with E-state index in [1.165, 1.54) is 0 Å². The molecule has 0 aliphatic rings. The van der Waals surface area contributed by atoms with Crippen LogP contribution in [0.25, 0.3) is 0 Å². The maximum absolute atomic E-state index is 5.79. The van der Waals surface area contributed by atoms with E-state index in [0.29, 0.717) is 0 Å². The van der Waals surface area contributed by atoms with Crippen molar-refractivity contribution in [1.82, 2.24) is 0 Å². The summed E-state index contributed by atoms with van der Waals surface area (Å²) < 4.78 is 5.33. The van der Waals surface area contributed by atoms with Gasteiger partial charge in [-0.25, -0.2) is 0 Å². The summed E-state index contributed by atoms with van der Waals surface area (Å²) in [5.74, 6) is 0. The lowest BCUT2D eigenvalue weighted by Crippen LogP contribution is -2.27. The smallest absolute Gasteiger partial charge is 0.139 e. The van der Waals surface area contributed by atoms with Crippen molar-refractivity contribution in [2.75, 3.05) is 0 Å². The molecule has 2 heteroatoms. The summed E-state index contributed by atoms with van der Waals surface area (Å²) in [5.41, 5.74) is 1.58. The molecule has 0 bridgehead atoms. The van der Waals surface area contributed by atoms with Crippen LogP contribution in [-0.4, -0.2) is 0 Å². The fourth-order valence-electron chi connectivity index (χ4n) is 2.13. The van der Waals surface area contributed by atoms with Crippen molar-refractivity contribution in [3.8, 4) is 0 Å². The molecule has 2 aromatic carbocycles. The highest BCUT2D eigenvalue weighted by Gasteiger charge is 2.33. The number of rotatable bonds is 4. The van der Waals surface area contributed by atoms with E-state index in [1.807, 2.05) is 60.7 Å². The minimum absolute atomic E-state index is 0.565. The molecule has 2 rings (SSSR count). The minimum Gasteiger partial charge on any atom is -0.263 e. The Kier molecular flexibility index (Phi) is 3.82. The quantitative estimate of drug-likeness (QED) is 0.771. The molecule has 88 valence electrons. The van der Waals surface area contributed by atoms with E-state index in [0.717, 1.165) is 17.5 Å². The van der Waals surface area contributed by atoms with E-state index in [-0.39, 0.29) is 0 Å². The molecule has 0 aliphatic carbocycles. The Hall–Kier alpha value is -1.31. The second kappa shape index (κ2) is 5.35. The van der Waals surface area contributed by atoms with Crippen LogP contribution < -0.4 is 0 Å². The highest BCUT2D eigenvalue weighted by Crippen LogP contribution is 2.37. The third kappa shape index (κ3) is 2.21. The van der Waals surface area contributed by atoms with Crippen molar-refractivity contribution < 1.29 is 4.29 Å². The monoisotopic (exact) mass is 246 g/mol. The van der Waals surface area contributed by atoms with Crippen LogP contribution in [0.4, 0.5) is 0 Å². The van der Waals surface area contributed by atoms with Gasteiger partial charge in [0.25, 0.3) is 0 Å². The van der Waals surface area contributed by atoms with Gasteiger partial charge in [-0.1, -0.05) is 67.6 Å². The summed E-state index contributed by atoms with van der Waals surface area (Å²) in [4.78, 5) is 0. The Morgan fingerprint density at radius 1 is 0.882 bits per heavy atom.